The van der Waals surface area contributed by atoms with Crippen LogP contribution >= 0.6 is 0 Å². The van der Waals surface area contributed by atoms with Crippen molar-refractivity contribution in [3.05, 3.63) is 17.7 Å². The van der Waals surface area contributed by atoms with Gasteiger partial charge in [-0.1, -0.05) is 13.8 Å². The molecule has 1 rings (SSSR count). The van der Waals surface area contributed by atoms with Gasteiger partial charge in [-0.25, -0.2) is 0 Å². The van der Waals surface area contributed by atoms with E-state index < -0.39 is 0 Å². The van der Waals surface area contributed by atoms with Crippen LogP contribution in [0.2, 0.25) is 0 Å². The molecule has 120 valence electrons. The van der Waals surface area contributed by atoms with Crippen LogP contribution < -0.4 is 19.5 Å². The van der Waals surface area contributed by atoms with Crippen molar-refractivity contribution in [2.45, 2.75) is 26.8 Å². The van der Waals surface area contributed by atoms with Crippen LogP contribution in [0.4, 0.5) is 0 Å². The van der Waals surface area contributed by atoms with Gasteiger partial charge in [-0.05, 0) is 29.5 Å². The zero-order valence-electron chi connectivity index (χ0n) is 13.7. The van der Waals surface area contributed by atoms with Gasteiger partial charge in [0.25, 0.3) is 0 Å². The first-order valence-corrected chi connectivity index (χ1v) is 7.08. The van der Waals surface area contributed by atoms with Gasteiger partial charge in [0.1, 0.15) is 0 Å². The van der Waals surface area contributed by atoms with Gasteiger partial charge >= 0.3 is 0 Å². The molecule has 0 heterocycles. The molecule has 0 unspecified atom stereocenters. The topological polar surface area (TPSA) is 60.0 Å². The molecular formula is C16H27NO4. The van der Waals surface area contributed by atoms with Crippen LogP contribution in [-0.4, -0.2) is 39.6 Å². The Hall–Kier alpha value is -1.46. The monoisotopic (exact) mass is 297 g/mol. The van der Waals surface area contributed by atoms with E-state index in [0.717, 1.165) is 18.5 Å². The second-order valence-corrected chi connectivity index (χ2v) is 5.77. The van der Waals surface area contributed by atoms with Crippen molar-refractivity contribution in [1.82, 2.24) is 5.32 Å². The molecule has 1 aromatic rings. The number of rotatable bonds is 9. The van der Waals surface area contributed by atoms with Crippen LogP contribution in [0.3, 0.4) is 0 Å². The molecule has 2 N–H and O–H groups in total. The summed E-state index contributed by atoms with van der Waals surface area (Å²) < 4.78 is 16.0. The van der Waals surface area contributed by atoms with Crippen LogP contribution in [0, 0.1) is 5.41 Å². The van der Waals surface area contributed by atoms with Gasteiger partial charge in [0.2, 0.25) is 5.75 Å². The van der Waals surface area contributed by atoms with E-state index in [4.69, 9.17) is 19.3 Å². The molecule has 5 heteroatoms. The number of aliphatic hydroxyl groups is 1. The number of aliphatic hydroxyl groups excluding tert-OH is 1. The molecule has 0 saturated carbocycles. The molecule has 0 aromatic heterocycles. The third-order valence-electron chi connectivity index (χ3n) is 3.45. The molecule has 0 amide bonds. The fourth-order valence-electron chi connectivity index (χ4n) is 2.17. The van der Waals surface area contributed by atoms with Crippen molar-refractivity contribution < 1.29 is 19.3 Å². The largest absolute Gasteiger partial charge is 0.493 e. The van der Waals surface area contributed by atoms with Crippen molar-refractivity contribution in [1.29, 1.82) is 0 Å². The predicted molar refractivity (Wildman–Crippen MR) is 83.3 cm³/mol. The molecule has 21 heavy (non-hydrogen) atoms. The van der Waals surface area contributed by atoms with Gasteiger partial charge < -0.3 is 24.6 Å². The van der Waals surface area contributed by atoms with Gasteiger partial charge in [0.05, 0.1) is 21.3 Å². The van der Waals surface area contributed by atoms with Crippen LogP contribution in [0.15, 0.2) is 12.1 Å². The number of hydrogen-bond acceptors (Lipinski definition) is 5. The molecule has 1 aromatic carbocycles. The highest BCUT2D eigenvalue weighted by Crippen LogP contribution is 2.38. The summed E-state index contributed by atoms with van der Waals surface area (Å²) in [7, 11) is 4.81. The Bertz CT molecular complexity index is 421. The Morgan fingerprint density at radius 3 is 2.05 bits per heavy atom. The predicted octanol–water partition coefficient (Wildman–Crippen LogP) is 2.21. The summed E-state index contributed by atoms with van der Waals surface area (Å²) >= 11 is 0. The minimum Gasteiger partial charge on any atom is -0.493 e. The van der Waals surface area contributed by atoms with Crippen molar-refractivity contribution >= 4 is 0 Å². The summed E-state index contributed by atoms with van der Waals surface area (Å²) in [6, 6.07) is 3.88. The van der Waals surface area contributed by atoms with Gasteiger partial charge in [-0.15, -0.1) is 0 Å². The maximum Gasteiger partial charge on any atom is 0.203 e. The van der Waals surface area contributed by atoms with Crippen molar-refractivity contribution in [3.63, 3.8) is 0 Å². The lowest BCUT2D eigenvalue weighted by atomic mass is 9.90. The molecule has 0 spiro atoms. The minimum atomic E-state index is 0.0649. The number of methoxy groups -OCH3 is 3. The van der Waals surface area contributed by atoms with Gasteiger partial charge in [0.15, 0.2) is 11.5 Å². The Kier molecular flexibility index (Phi) is 6.78. The van der Waals surface area contributed by atoms with Crippen molar-refractivity contribution in [2.24, 2.45) is 5.41 Å². The maximum absolute atomic E-state index is 9.04. The first kappa shape index (κ1) is 17.6. The van der Waals surface area contributed by atoms with Gasteiger partial charge in [-0.2, -0.15) is 0 Å². The second kappa shape index (κ2) is 8.10. The van der Waals surface area contributed by atoms with Crippen molar-refractivity contribution in [2.75, 3.05) is 34.5 Å². The first-order valence-electron chi connectivity index (χ1n) is 7.08. The number of benzene rings is 1. The summed E-state index contributed by atoms with van der Waals surface area (Å²) in [6.07, 6.45) is 0.773. The second-order valence-electron chi connectivity index (χ2n) is 5.77. The summed E-state index contributed by atoms with van der Waals surface area (Å²) in [6.45, 7) is 5.99. The Morgan fingerprint density at radius 1 is 1.05 bits per heavy atom. The van der Waals surface area contributed by atoms with Crippen LogP contribution in [0.5, 0.6) is 17.2 Å². The lowest BCUT2D eigenvalue weighted by Gasteiger charge is -2.24. The van der Waals surface area contributed by atoms with Crippen molar-refractivity contribution in [3.8, 4) is 17.2 Å². The Morgan fingerprint density at radius 2 is 1.62 bits per heavy atom. The molecule has 0 saturated heterocycles. The zero-order chi connectivity index (χ0) is 15.9. The van der Waals surface area contributed by atoms with E-state index in [-0.39, 0.29) is 12.0 Å². The van der Waals surface area contributed by atoms with E-state index in [1.807, 2.05) is 12.1 Å². The summed E-state index contributed by atoms with van der Waals surface area (Å²) in [5.74, 6) is 1.91. The Balaban J connectivity index is 2.76. The van der Waals surface area contributed by atoms with Gasteiger partial charge in [-0.3, -0.25) is 0 Å². The van der Waals surface area contributed by atoms with Gasteiger partial charge in [0, 0.05) is 19.7 Å². The lowest BCUT2D eigenvalue weighted by molar-refractivity contribution is 0.207. The molecular weight excluding hydrogens is 270 g/mol. The minimum absolute atomic E-state index is 0.0649. The third-order valence-corrected chi connectivity index (χ3v) is 3.45. The highest BCUT2D eigenvalue weighted by atomic mass is 16.5. The molecule has 0 atom stereocenters. The van der Waals surface area contributed by atoms with E-state index in [1.165, 1.54) is 0 Å². The van der Waals surface area contributed by atoms with E-state index in [1.54, 1.807) is 21.3 Å². The quantitative estimate of drug-likeness (QED) is 0.732. The fraction of sp³-hybridized carbons (Fsp3) is 0.625. The highest BCUT2D eigenvalue weighted by Gasteiger charge is 2.17. The standard InChI is InChI=1S/C16H27NO4/c1-16(2,6-7-18)11-17-10-12-8-13(19-3)15(21-5)14(9-12)20-4/h8-9,17-18H,6-7,10-11H2,1-5H3. The van der Waals surface area contributed by atoms with E-state index in [9.17, 15) is 0 Å². The Labute approximate surface area is 127 Å². The number of hydrogen-bond donors (Lipinski definition) is 2. The lowest BCUT2D eigenvalue weighted by Crippen LogP contribution is -2.29. The highest BCUT2D eigenvalue weighted by molar-refractivity contribution is 5.53. The molecule has 0 aliphatic heterocycles. The zero-order valence-corrected chi connectivity index (χ0v) is 13.7. The van der Waals surface area contributed by atoms with E-state index in [2.05, 4.69) is 19.2 Å². The SMILES string of the molecule is COc1cc(CNCC(C)(C)CCO)cc(OC)c1OC. The maximum atomic E-state index is 9.04. The third kappa shape index (κ3) is 5.10. The average molecular weight is 297 g/mol. The summed E-state index contributed by atoms with van der Waals surface area (Å²) in [5, 5.41) is 12.4. The molecule has 0 aliphatic carbocycles. The van der Waals surface area contributed by atoms with Crippen LogP contribution in [-0.2, 0) is 6.54 Å². The van der Waals surface area contributed by atoms with Crippen LogP contribution in [0.25, 0.3) is 0 Å². The molecule has 0 fully saturated rings. The smallest absolute Gasteiger partial charge is 0.203 e. The molecule has 0 radical (unpaired) electrons. The number of ether oxygens (including phenoxy) is 3. The van der Waals surface area contributed by atoms with E-state index >= 15 is 0 Å². The molecule has 0 bridgehead atoms. The molecule has 0 aliphatic rings. The number of nitrogens with one attached hydrogen (secondary N) is 1. The normalized spacial score (nSPS) is 11.3. The average Bonchev–Trinajstić information content (AvgIpc) is 2.45. The summed E-state index contributed by atoms with van der Waals surface area (Å²) in [5.41, 5.74) is 1.12. The van der Waals surface area contributed by atoms with E-state index in [0.29, 0.717) is 23.8 Å². The summed E-state index contributed by atoms with van der Waals surface area (Å²) in [4.78, 5) is 0. The fourth-order valence-corrected chi connectivity index (χ4v) is 2.17. The first-order chi connectivity index (χ1) is 9.97. The van der Waals surface area contributed by atoms with Crippen LogP contribution in [0.1, 0.15) is 25.8 Å². The molecule has 5 nitrogen and oxygen atoms in total.